The summed E-state index contributed by atoms with van der Waals surface area (Å²) in [7, 11) is 0. The second kappa shape index (κ2) is 4.09. The average molecular weight is 214 g/mol. The molecular weight excluding hydrogens is 209 g/mol. The Morgan fingerprint density at radius 2 is 2.36 bits per heavy atom. The summed E-state index contributed by atoms with van der Waals surface area (Å²) in [6.45, 7) is 0. The molecule has 0 bridgehead atoms. The van der Waals surface area contributed by atoms with Crippen LogP contribution in [0.25, 0.3) is 0 Å². The molecule has 1 nitrogen and oxygen atoms in total. The number of rotatable bonds is 0. The first-order valence-corrected chi connectivity index (χ1v) is 4.12. The van der Waals surface area contributed by atoms with E-state index in [9.17, 15) is 4.39 Å². The third kappa shape index (κ3) is 2.69. The van der Waals surface area contributed by atoms with Crippen molar-refractivity contribution >= 4 is 15.9 Å². The van der Waals surface area contributed by atoms with E-state index in [2.05, 4.69) is 32.8 Å². The maximum Gasteiger partial charge on any atom is 0.214 e. The molecule has 0 aliphatic heterocycles. The fraction of sp³-hybridized carbons (Fsp3) is 0.125. The van der Waals surface area contributed by atoms with Crippen LogP contribution < -0.4 is 0 Å². The van der Waals surface area contributed by atoms with Crippen LogP contribution in [0.3, 0.4) is 0 Å². The second-order valence-corrected chi connectivity index (χ2v) is 2.34. The number of hydrogen-bond donors (Lipinski definition) is 0. The standard InChI is InChI=1S/C8H5BrFN/c9-6-2-4-7-3-1-5-8(10)11-7/h1,3,5H,6H2. The number of alkyl halides is 1. The highest BCUT2D eigenvalue weighted by Crippen LogP contribution is 1.95. The lowest BCUT2D eigenvalue weighted by Crippen LogP contribution is -1.85. The predicted octanol–water partition coefficient (Wildman–Crippen LogP) is 1.97. The van der Waals surface area contributed by atoms with Gasteiger partial charge in [-0.15, -0.1) is 0 Å². The Bertz CT molecular complexity index is 300. The average Bonchev–Trinajstić information content (AvgIpc) is 2.01. The molecule has 0 radical (unpaired) electrons. The van der Waals surface area contributed by atoms with Crippen molar-refractivity contribution in [2.75, 3.05) is 5.33 Å². The molecule has 0 amide bonds. The Balaban J connectivity index is 2.87. The Morgan fingerprint density at radius 1 is 1.55 bits per heavy atom. The van der Waals surface area contributed by atoms with Crippen LogP contribution in [-0.2, 0) is 0 Å². The van der Waals surface area contributed by atoms with Gasteiger partial charge in [0, 0.05) is 0 Å². The lowest BCUT2D eigenvalue weighted by Gasteiger charge is -1.87. The van der Waals surface area contributed by atoms with E-state index in [1.165, 1.54) is 6.07 Å². The summed E-state index contributed by atoms with van der Waals surface area (Å²) in [5.41, 5.74) is 0.462. The Labute approximate surface area is 72.8 Å². The largest absolute Gasteiger partial charge is 0.214 e. The molecule has 0 atom stereocenters. The van der Waals surface area contributed by atoms with E-state index in [0.717, 1.165) is 0 Å². The zero-order chi connectivity index (χ0) is 8.10. The Hall–Kier alpha value is -0.880. The normalized spacial score (nSPS) is 8.55. The summed E-state index contributed by atoms with van der Waals surface area (Å²) in [6, 6.07) is 4.54. The second-order valence-electron chi connectivity index (χ2n) is 1.78. The zero-order valence-electron chi connectivity index (χ0n) is 5.64. The molecule has 0 aliphatic rings. The van der Waals surface area contributed by atoms with E-state index in [0.29, 0.717) is 11.0 Å². The molecule has 0 aliphatic carbocycles. The number of hydrogen-bond acceptors (Lipinski definition) is 1. The van der Waals surface area contributed by atoms with Crippen molar-refractivity contribution in [2.45, 2.75) is 0 Å². The summed E-state index contributed by atoms with van der Waals surface area (Å²) in [5, 5.41) is 0.575. The molecule has 11 heavy (non-hydrogen) atoms. The number of pyridine rings is 1. The minimum Gasteiger partial charge on any atom is -0.211 e. The van der Waals surface area contributed by atoms with Crippen LogP contribution in [0.1, 0.15) is 5.69 Å². The lowest BCUT2D eigenvalue weighted by atomic mass is 10.3. The lowest BCUT2D eigenvalue weighted by molar-refractivity contribution is 0.582. The smallest absolute Gasteiger partial charge is 0.211 e. The van der Waals surface area contributed by atoms with Gasteiger partial charge in [-0.1, -0.05) is 27.9 Å². The number of nitrogens with zero attached hydrogens (tertiary/aromatic N) is 1. The van der Waals surface area contributed by atoms with E-state index < -0.39 is 5.95 Å². The van der Waals surface area contributed by atoms with Gasteiger partial charge in [0.15, 0.2) is 0 Å². The molecule has 0 saturated carbocycles. The van der Waals surface area contributed by atoms with E-state index in [1.807, 2.05) is 0 Å². The third-order valence-electron chi connectivity index (χ3n) is 0.998. The van der Waals surface area contributed by atoms with Crippen molar-refractivity contribution in [3.63, 3.8) is 0 Å². The van der Waals surface area contributed by atoms with Crippen LogP contribution in [0, 0.1) is 17.8 Å². The van der Waals surface area contributed by atoms with Gasteiger partial charge in [0.25, 0.3) is 0 Å². The first kappa shape index (κ1) is 8.22. The highest BCUT2D eigenvalue weighted by atomic mass is 79.9. The van der Waals surface area contributed by atoms with Crippen LogP contribution in [0.4, 0.5) is 4.39 Å². The van der Waals surface area contributed by atoms with E-state index in [1.54, 1.807) is 12.1 Å². The van der Waals surface area contributed by atoms with Crippen molar-refractivity contribution in [2.24, 2.45) is 0 Å². The summed E-state index contributed by atoms with van der Waals surface area (Å²) < 4.78 is 12.4. The fourth-order valence-electron chi connectivity index (χ4n) is 0.602. The maximum atomic E-state index is 12.4. The minimum absolute atomic E-state index is 0.462. The maximum absolute atomic E-state index is 12.4. The van der Waals surface area contributed by atoms with Gasteiger partial charge in [0.05, 0.1) is 5.33 Å². The van der Waals surface area contributed by atoms with Crippen molar-refractivity contribution in [3.05, 3.63) is 29.8 Å². The van der Waals surface area contributed by atoms with Gasteiger partial charge in [-0.25, -0.2) is 4.98 Å². The highest BCUT2D eigenvalue weighted by Gasteiger charge is 1.89. The summed E-state index contributed by atoms with van der Waals surface area (Å²) in [5.74, 6) is 4.92. The predicted molar refractivity (Wildman–Crippen MR) is 44.9 cm³/mol. The monoisotopic (exact) mass is 213 g/mol. The Morgan fingerprint density at radius 3 is 3.00 bits per heavy atom. The summed E-state index contributed by atoms with van der Waals surface area (Å²) in [4.78, 5) is 3.55. The van der Waals surface area contributed by atoms with Crippen molar-refractivity contribution in [1.29, 1.82) is 0 Å². The van der Waals surface area contributed by atoms with Crippen LogP contribution >= 0.6 is 15.9 Å². The van der Waals surface area contributed by atoms with E-state index in [4.69, 9.17) is 0 Å². The van der Waals surface area contributed by atoms with Gasteiger partial charge in [-0.05, 0) is 18.1 Å². The summed E-state index contributed by atoms with van der Waals surface area (Å²) >= 11 is 3.13. The van der Waals surface area contributed by atoms with Gasteiger partial charge in [-0.2, -0.15) is 4.39 Å². The first-order valence-electron chi connectivity index (χ1n) is 3.00. The topological polar surface area (TPSA) is 12.9 Å². The molecule has 0 spiro atoms. The highest BCUT2D eigenvalue weighted by molar-refractivity contribution is 9.09. The van der Waals surface area contributed by atoms with Gasteiger partial charge in [0.1, 0.15) is 5.69 Å². The molecule has 1 rings (SSSR count). The molecule has 56 valence electrons. The van der Waals surface area contributed by atoms with E-state index >= 15 is 0 Å². The molecule has 1 aromatic rings. The molecule has 0 N–H and O–H groups in total. The molecule has 0 unspecified atom stereocenters. The summed E-state index contributed by atoms with van der Waals surface area (Å²) in [6.07, 6.45) is 0. The molecule has 3 heteroatoms. The van der Waals surface area contributed by atoms with Gasteiger partial charge in [-0.3, -0.25) is 0 Å². The zero-order valence-corrected chi connectivity index (χ0v) is 7.23. The molecular formula is C8H5BrFN. The fourth-order valence-corrected chi connectivity index (χ4v) is 0.742. The quantitative estimate of drug-likeness (QED) is 0.365. The van der Waals surface area contributed by atoms with Gasteiger partial charge in [0.2, 0.25) is 5.95 Å². The van der Waals surface area contributed by atoms with Gasteiger partial charge < -0.3 is 0 Å². The molecule has 1 aromatic heterocycles. The van der Waals surface area contributed by atoms with Crippen molar-refractivity contribution in [3.8, 4) is 11.8 Å². The molecule has 0 aromatic carbocycles. The molecule has 0 fully saturated rings. The van der Waals surface area contributed by atoms with Crippen LogP contribution in [0.5, 0.6) is 0 Å². The van der Waals surface area contributed by atoms with Crippen molar-refractivity contribution in [1.82, 2.24) is 4.98 Å². The molecule has 0 saturated heterocycles. The first-order chi connectivity index (χ1) is 5.33. The SMILES string of the molecule is Fc1cccc(C#CCBr)n1. The number of aromatic nitrogens is 1. The van der Waals surface area contributed by atoms with E-state index in [-0.39, 0.29) is 0 Å². The van der Waals surface area contributed by atoms with Gasteiger partial charge >= 0.3 is 0 Å². The third-order valence-corrected chi connectivity index (χ3v) is 1.28. The van der Waals surface area contributed by atoms with Crippen molar-refractivity contribution < 1.29 is 4.39 Å². The number of halogens is 2. The van der Waals surface area contributed by atoms with Crippen LogP contribution in [0.2, 0.25) is 0 Å². The minimum atomic E-state index is -0.494. The molecule has 1 heterocycles. The van der Waals surface area contributed by atoms with Crippen LogP contribution in [-0.4, -0.2) is 10.3 Å². The Kier molecular flexibility index (Phi) is 3.06. The van der Waals surface area contributed by atoms with Crippen LogP contribution in [0.15, 0.2) is 18.2 Å².